The van der Waals surface area contributed by atoms with E-state index in [0.717, 1.165) is 43.3 Å². The van der Waals surface area contributed by atoms with E-state index in [9.17, 15) is 0 Å². The zero-order chi connectivity index (χ0) is 20.5. The van der Waals surface area contributed by atoms with Crippen molar-refractivity contribution in [2.75, 3.05) is 36.0 Å². The van der Waals surface area contributed by atoms with Gasteiger partial charge in [-0.3, -0.25) is 4.98 Å². The van der Waals surface area contributed by atoms with Crippen LogP contribution in [0.5, 0.6) is 0 Å². The van der Waals surface area contributed by atoms with Crippen molar-refractivity contribution in [1.82, 2.24) is 9.97 Å². The minimum atomic E-state index is 0.926. The zero-order valence-electron chi connectivity index (χ0n) is 17.5. The van der Waals surface area contributed by atoms with Crippen LogP contribution in [0.1, 0.15) is 11.1 Å². The van der Waals surface area contributed by atoms with Gasteiger partial charge in [0.05, 0.1) is 18.1 Å². The number of hydrogen-bond donors (Lipinski definition) is 0. The van der Waals surface area contributed by atoms with E-state index < -0.39 is 0 Å². The van der Waals surface area contributed by atoms with E-state index in [2.05, 4.69) is 89.3 Å². The summed E-state index contributed by atoms with van der Waals surface area (Å²) < 4.78 is 0. The molecule has 1 saturated heterocycles. The van der Waals surface area contributed by atoms with Gasteiger partial charge in [-0.15, -0.1) is 0 Å². The second kappa shape index (κ2) is 7.79. The van der Waals surface area contributed by atoms with Crippen molar-refractivity contribution in [1.29, 1.82) is 0 Å². The van der Waals surface area contributed by atoms with Crippen molar-refractivity contribution >= 4 is 22.3 Å². The normalized spacial score (nSPS) is 14.3. The van der Waals surface area contributed by atoms with Crippen molar-refractivity contribution in [3.8, 4) is 11.3 Å². The molecule has 4 heteroatoms. The summed E-state index contributed by atoms with van der Waals surface area (Å²) in [6, 6.07) is 21.6. The van der Waals surface area contributed by atoms with Crippen LogP contribution in [0.25, 0.3) is 22.0 Å². The summed E-state index contributed by atoms with van der Waals surface area (Å²) in [6.07, 6.45) is 3.75. The first-order valence-electron chi connectivity index (χ1n) is 10.6. The Morgan fingerprint density at radius 3 is 2.30 bits per heavy atom. The van der Waals surface area contributed by atoms with Crippen molar-refractivity contribution < 1.29 is 0 Å². The number of nitrogens with zero attached hydrogens (tertiary/aromatic N) is 4. The molecule has 1 aliphatic heterocycles. The average molecular weight is 395 g/mol. The molecule has 1 fully saturated rings. The molecule has 3 aromatic carbocycles. The van der Waals surface area contributed by atoms with Crippen LogP contribution >= 0.6 is 0 Å². The molecule has 0 radical (unpaired) electrons. The topological polar surface area (TPSA) is 32.3 Å². The second-order valence-electron chi connectivity index (χ2n) is 8.09. The van der Waals surface area contributed by atoms with Crippen molar-refractivity contribution in [2.24, 2.45) is 0 Å². The Labute approximate surface area is 177 Å². The summed E-state index contributed by atoms with van der Waals surface area (Å²) in [5, 5.41) is 2.47. The number of piperazine rings is 1. The third-order valence-electron chi connectivity index (χ3n) is 5.96. The fraction of sp³-hybridized carbons (Fsp3) is 0.231. The number of anilines is 2. The minimum Gasteiger partial charge on any atom is -0.368 e. The average Bonchev–Trinajstić information content (AvgIpc) is 2.79. The van der Waals surface area contributed by atoms with Gasteiger partial charge in [-0.2, -0.15) is 0 Å². The number of rotatable bonds is 3. The standard InChI is InChI=1S/C26H26N4/c1-19-7-10-25(20(2)15-19)29-11-13-30(14-12-29)26-18-27-17-24(28-26)23-9-8-21-5-3-4-6-22(21)16-23/h3-10,15-18H,11-14H2,1-2H3. The van der Waals surface area contributed by atoms with E-state index in [1.807, 2.05) is 12.4 Å². The van der Waals surface area contributed by atoms with Crippen LogP contribution in [0.4, 0.5) is 11.5 Å². The number of aromatic nitrogens is 2. The maximum absolute atomic E-state index is 4.95. The summed E-state index contributed by atoms with van der Waals surface area (Å²) in [5.74, 6) is 0.959. The molecular formula is C26H26N4. The summed E-state index contributed by atoms with van der Waals surface area (Å²) in [6.45, 7) is 8.23. The number of hydrogen-bond acceptors (Lipinski definition) is 4. The van der Waals surface area contributed by atoms with Crippen LogP contribution in [-0.2, 0) is 0 Å². The maximum atomic E-state index is 4.95. The molecule has 150 valence electrons. The molecule has 1 aromatic heterocycles. The third-order valence-corrected chi connectivity index (χ3v) is 5.96. The first-order valence-corrected chi connectivity index (χ1v) is 10.6. The lowest BCUT2D eigenvalue weighted by Gasteiger charge is -2.37. The lowest BCUT2D eigenvalue weighted by atomic mass is 10.1. The monoisotopic (exact) mass is 394 g/mol. The van der Waals surface area contributed by atoms with Gasteiger partial charge in [0.1, 0.15) is 5.82 Å². The van der Waals surface area contributed by atoms with Crippen molar-refractivity contribution in [3.05, 3.63) is 84.2 Å². The van der Waals surface area contributed by atoms with Crippen LogP contribution in [0.15, 0.2) is 73.1 Å². The van der Waals surface area contributed by atoms with Gasteiger partial charge in [-0.05, 0) is 42.3 Å². The molecule has 0 atom stereocenters. The number of benzene rings is 3. The van der Waals surface area contributed by atoms with Crippen LogP contribution in [0.3, 0.4) is 0 Å². The molecule has 4 aromatic rings. The molecule has 0 spiro atoms. The predicted octanol–water partition coefficient (Wildman–Crippen LogP) is 5.24. The summed E-state index contributed by atoms with van der Waals surface area (Å²) in [4.78, 5) is 14.3. The Bertz CT molecular complexity index is 1190. The van der Waals surface area contributed by atoms with Crippen LogP contribution in [0, 0.1) is 13.8 Å². The van der Waals surface area contributed by atoms with Crippen LogP contribution in [0.2, 0.25) is 0 Å². The molecule has 0 N–H and O–H groups in total. The van der Waals surface area contributed by atoms with Crippen molar-refractivity contribution in [2.45, 2.75) is 13.8 Å². The molecule has 4 nitrogen and oxygen atoms in total. The van der Waals surface area contributed by atoms with Crippen LogP contribution in [-0.4, -0.2) is 36.1 Å². The van der Waals surface area contributed by atoms with E-state index in [1.165, 1.54) is 27.6 Å². The van der Waals surface area contributed by atoms with Gasteiger partial charge in [0.15, 0.2) is 0 Å². The Hall–Kier alpha value is -3.40. The molecule has 5 rings (SSSR count). The summed E-state index contributed by atoms with van der Waals surface area (Å²) in [7, 11) is 0. The zero-order valence-corrected chi connectivity index (χ0v) is 17.5. The van der Waals surface area contributed by atoms with Gasteiger partial charge in [-0.1, -0.05) is 54.1 Å². The quantitative estimate of drug-likeness (QED) is 0.476. The fourth-order valence-corrected chi connectivity index (χ4v) is 4.33. The summed E-state index contributed by atoms with van der Waals surface area (Å²) >= 11 is 0. The highest BCUT2D eigenvalue weighted by Crippen LogP contribution is 2.26. The van der Waals surface area contributed by atoms with Gasteiger partial charge in [-0.25, -0.2) is 4.98 Å². The van der Waals surface area contributed by atoms with Gasteiger partial charge >= 0.3 is 0 Å². The maximum Gasteiger partial charge on any atom is 0.147 e. The first-order chi connectivity index (χ1) is 14.7. The molecule has 1 aliphatic rings. The molecule has 30 heavy (non-hydrogen) atoms. The Balaban J connectivity index is 1.34. The van der Waals surface area contributed by atoms with E-state index in [0.29, 0.717) is 0 Å². The third kappa shape index (κ3) is 3.61. The molecule has 0 bridgehead atoms. The van der Waals surface area contributed by atoms with Gasteiger partial charge in [0.25, 0.3) is 0 Å². The molecule has 0 saturated carbocycles. The van der Waals surface area contributed by atoms with E-state index in [-0.39, 0.29) is 0 Å². The highest BCUT2D eigenvalue weighted by Gasteiger charge is 2.20. The van der Waals surface area contributed by atoms with Gasteiger partial charge < -0.3 is 9.80 Å². The number of aryl methyl sites for hydroxylation is 2. The highest BCUT2D eigenvalue weighted by atomic mass is 15.3. The van der Waals surface area contributed by atoms with Gasteiger partial charge in [0, 0.05) is 37.4 Å². The largest absolute Gasteiger partial charge is 0.368 e. The second-order valence-corrected chi connectivity index (χ2v) is 8.09. The molecule has 2 heterocycles. The fourth-order valence-electron chi connectivity index (χ4n) is 4.33. The summed E-state index contributed by atoms with van der Waals surface area (Å²) in [5.41, 5.74) is 6.04. The molecule has 0 aliphatic carbocycles. The lowest BCUT2D eigenvalue weighted by Crippen LogP contribution is -2.47. The highest BCUT2D eigenvalue weighted by molar-refractivity contribution is 5.86. The lowest BCUT2D eigenvalue weighted by molar-refractivity contribution is 0.645. The van der Waals surface area contributed by atoms with Crippen molar-refractivity contribution in [3.63, 3.8) is 0 Å². The SMILES string of the molecule is Cc1ccc(N2CCN(c3cncc(-c4ccc5ccccc5c4)n3)CC2)c(C)c1. The minimum absolute atomic E-state index is 0.926. The Kier molecular flexibility index (Phi) is 4.83. The molecule has 0 amide bonds. The molecule has 0 unspecified atom stereocenters. The first kappa shape index (κ1) is 18.6. The molecular weight excluding hydrogens is 368 g/mol. The van der Waals surface area contributed by atoms with Crippen LogP contribution < -0.4 is 9.80 Å². The van der Waals surface area contributed by atoms with E-state index >= 15 is 0 Å². The van der Waals surface area contributed by atoms with E-state index in [1.54, 1.807) is 0 Å². The Morgan fingerprint density at radius 1 is 0.733 bits per heavy atom. The van der Waals surface area contributed by atoms with E-state index in [4.69, 9.17) is 4.98 Å². The van der Waals surface area contributed by atoms with Gasteiger partial charge in [0.2, 0.25) is 0 Å². The Morgan fingerprint density at radius 2 is 1.50 bits per heavy atom. The smallest absolute Gasteiger partial charge is 0.147 e. The number of fused-ring (bicyclic) bond motifs is 1. The predicted molar refractivity (Wildman–Crippen MR) is 125 cm³/mol.